The molecule has 18 heavy (non-hydrogen) atoms. The van der Waals surface area contributed by atoms with Crippen LogP contribution < -0.4 is 11.1 Å². The summed E-state index contributed by atoms with van der Waals surface area (Å²) in [5, 5.41) is 3.02. The molecule has 4 nitrogen and oxygen atoms in total. The van der Waals surface area contributed by atoms with Crippen LogP contribution in [0.1, 0.15) is 29.6 Å². The zero-order valence-electron chi connectivity index (χ0n) is 10.2. The van der Waals surface area contributed by atoms with Crippen molar-refractivity contribution in [1.82, 2.24) is 5.32 Å². The van der Waals surface area contributed by atoms with Gasteiger partial charge in [-0.25, -0.2) is 0 Å². The normalized spacial score (nSPS) is 19.4. The first-order valence-electron chi connectivity index (χ1n) is 6.00. The van der Waals surface area contributed by atoms with E-state index in [2.05, 4.69) is 5.32 Å². The van der Waals surface area contributed by atoms with Crippen molar-refractivity contribution in [3.63, 3.8) is 0 Å². The smallest absolute Gasteiger partial charge is 0.253 e. The highest BCUT2D eigenvalue weighted by atomic mass is 35.5. The summed E-state index contributed by atoms with van der Waals surface area (Å²) < 4.78 is 5.36. The lowest BCUT2D eigenvalue weighted by Gasteiger charge is -2.16. The van der Waals surface area contributed by atoms with Gasteiger partial charge in [-0.05, 0) is 31.4 Å². The maximum Gasteiger partial charge on any atom is 0.253 e. The highest BCUT2D eigenvalue weighted by Crippen LogP contribution is 2.13. The third kappa shape index (κ3) is 3.89. The van der Waals surface area contributed by atoms with Crippen molar-refractivity contribution in [3.05, 3.63) is 29.8 Å². The topological polar surface area (TPSA) is 64.4 Å². The molecule has 0 bridgehead atoms. The lowest BCUT2D eigenvalue weighted by molar-refractivity contribution is 0.0930. The monoisotopic (exact) mass is 270 g/mol. The van der Waals surface area contributed by atoms with E-state index in [0.29, 0.717) is 11.3 Å². The van der Waals surface area contributed by atoms with Crippen LogP contribution >= 0.6 is 12.4 Å². The standard InChI is InChI=1S/C13H18N2O2.ClH/c14-12-6-2-1-5-11(12)13(16)15-10-4-3-8-17-9-7-10;/h1-2,5-6,10H,3-4,7-9,14H2,(H,15,16);1H. The number of ether oxygens (including phenoxy) is 1. The SMILES string of the molecule is Cl.Nc1ccccc1C(=O)NC1CCCOCC1. The second-order valence-corrected chi connectivity index (χ2v) is 4.30. The van der Waals surface area contributed by atoms with Crippen LogP contribution in [0.5, 0.6) is 0 Å². The van der Waals surface area contributed by atoms with Crippen LogP contribution in [0.2, 0.25) is 0 Å². The van der Waals surface area contributed by atoms with Gasteiger partial charge in [-0.2, -0.15) is 0 Å². The van der Waals surface area contributed by atoms with Gasteiger partial charge in [0.2, 0.25) is 0 Å². The fraction of sp³-hybridized carbons (Fsp3) is 0.462. The van der Waals surface area contributed by atoms with Crippen LogP contribution in [0.25, 0.3) is 0 Å². The molecule has 5 heteroatoms. The molecule has 0 saturated carbocycles. The predicted molar refractivity (Wildman–Crippen MR) is 74.0 cm³/mol. The molecule has 0 aliphatic carbocycles. The average molecular weight is 271 g/mol. The summed E-state index contributed by atoms with van der Waals surface area (Å²) >= 11 is 0. The van der Waals surface area contributed by atoms with Gasteiger partial charge in [0.15, 0.2) is 0 Å². The molecule has 1 saturated heterocycles. The molecule has 3 N–H and O–H groups in total. The van der Waals surface area contributed by atoms with E-state index in [-0.39, 0.29) is 24.4 Å². The maximum atomic E-state index is 12.0. The quantitative estimate of drug-likeness (QED) is 0.808. The van der Waals surface area contributed by atoms with Crippen molar-refractivity contribution in [2.75, 3.05) is 18.9 Å². The van der Waals surface area contributed by atoms with Crippen molar-refractivity contribution >= 4 is 24.0 Å². The highest BCUT2D eigenvalue weighted by molar-refractivity contribution is 5.99. The fourth-order valence-corrected chi connectivity index (χ4v) is 2.02. The molecule has 1 aromatic carbocycles. The van der Waals surface area contributed by atoms with Gasteiger partial charge in [-0.3, -0.25) is 4.79 Å². The van der Waals surface area contributed by atoms with Gasteiger partial charge >= 0.3 is 0 Å². The largest absolute Gasteiger partial charge is 0.398 e. The minimum absolute atomic E-state index is 0. The first-order valence-corrected chi connectivity index (χ1v) is 6.00. The van der Waals surface area contributed by atoms with E-state index in [1.807, 2.05) is 12.1 Å². The van der Waals surface area contributed by atoms with Gasteiger partial charge in [-0.15, -0.1) is 12.4 Å². The van der Waals surface area contributed by atoms with Gasteiger partial charge < -0.3 is 15.8 Å². The molecular weight excluding hydrogens is 252 g/mol. The minimum atomic E-state index is -0.0880. The van der Waals surface area contributed by atoms with Gasteiger partial charge in [0.25, 0.3) is 5.91 Å². The number of para-hydroxylation sites is 1. The third-order valence-electron chi connectivity index (χ3n) is 2.99. The molecule has 1 aliphatic heterocycles. The number of nitrogens with two attached hydrogens (primary N) is 1. The molecule has 0 spiro atoms. The lowest BCUT2D eigenvalue weighted by Crippen LogP contribution is -2.35. The summed E-state index contributed by atoms with van der Waals surface area (Å²) in [6.45, 7) is 1.51. The molecular formula is C13H19ClN2O2. The Morgan fingerprint density at radius 1 is 1.28 bits per heavy atom. The van der Waals surface area contributed by atoms with Crippen molar-refractivity contribution in [2.45, 2.75) is 25.3 Å². The number of carbonyl (C=O) groups is 1. The molecule has 2 rings (SSSR count). The Balaban J connectivity index is 0.00000162. The number of nitrogen functional groups attached to an aromatic ring is 1. The van der Waals surface area contributed by atoms with Crippen LogP contribution in [0, 0.1) is 0 Å². The molecule has 1 heterocycles. The zero-order valence-corrected chi connectivity index (χ0v) is 11.0. The van der Waals surface area contributed by atoms with Crippen LogP contribution in [0.3, 0.4) is 0 Å². The van der Waals surface area contributed by atoms with E-state index in [9.17, 15) is 4.79 Å². The van der Waals surface area contributed by atoms with Crippen molar-refractivity contribution < 1.29 is 9.53 Å². The van der Waals surface area contributed by atoms with Crippen LogP contribution in [-0.4, -0.2) is 25.2 Å². The summed E-state index contributed by atoms with van der Waals surface area (Å²) in [4.78, 5) is 12.0. The minimum Gasteiger partial charge on any atom is -0.398 e. The van der Waals surface area contributed by atoms with Crippen LogP contribution in [0.15, 0.2) is 24.3 Å². The first kappa shape index (κ1) is 14.8. The van der Waals surface area contributed by atoms with E-state index < -0.39 is 0 Å². The summed E-state index contributed by atoms with van der Waals surface area (Å²) in [5.74, 6) is -0.0880. The van der Waals surface area contributed by atoms with Crippen LogP contribution in [-0.2, 0) is 4.74 Å². The van der Waals surface area contributed by atoms with E-state index >= 15 is 0 Å². The molecule has 100 valence electrons. The Kier molecular flexibility index (Phi) is 5.95. The number of halogens is 1. The summed E-state index contributed by atoms with van der Waals surface area (Å²) in [7, 11) is 0. The number of anilines is 1. The van der Waals surface area contributed by atoms with Gasteiger partial charge in [0, 0.05) is 24.9 Å². The number of amides is 1. The summed E-state index contributed by atoms with van der Waals surface area (Å²) in [5.41, 5.74) is 6.85. The maximum absolute atomic E-state index is 12.0. The van der Waals surface area contributed by atoms with E-state index in [1.54, 1.807) is 12.1 Å². The lowest BCUT2D eigenvalue weighted by atomic mass is 10.1. The summed E-state index contributed by atoms with van der Waals surface area (Å²) in [6.07, 6.45) is 2.84. The fourth-order valence-electron chi connectivity index (χ4n) is 2.02. The number of hydrogen-bond donors (Lipinski definition) is 2. The number of rotatable bonds is 2. The van der Waals surface area contributed by atoms with Crippen molar-refractivity contribution in [1.29, 1.82) is 0 Å². The molecule has 0 aromatic heterocycles. The molecule has 1 atom stereocenters. The molecule has 1 aromatic rings. The molecule has 1 amide bonds. The molecule has 1 unspecified atom stereocenters. The predicted octanol–water partition coefficient (Wildman–Crippen LogP) is 1.99. The number of benzene rings is 1. The highest BCUT2D eigenvalue weighted by Gasteiger charge is 2.16. The Hall–Kier alpha value is -1.26. The third-order valence-corrected chi connectivity index (χ3v) is 2.99. The Morgan fingerprint density at radius 2 is 2.06 bits per heavy atom. The second-order valence-electron chi connectivity index (χ2n) is 4.30. The van der Waals surface area contributed by atoms with E-state index in [1.165, 1.54) is 0 Å². The van der Waals surface area contributed by atoms with Gasteiger partial charge in [0.05, 0.1) is 5.56 Å². The zero-order chi connectivity index (χ0) is 12.1. The van der Waals surface area contributed by atoms with Gasteiger partial charge in [-0.1, -0.05) is 12.1 Å². The Morgan fingerprint density at radius 3 is 2.83 bits per heavy atom. The summed E-state index contributed by atoms with van der Waals surface area (Å²) in [6, 6.07) is 7.33. The number of nitrogens with one attached hydrogen (secondary N) is 1. The number of carbonyl (C=O) groups excluding carboxylic acids is 1. The average Bonchev–Trinajstić information content (AvgIpc) is 2.58. The van der Waals surface area contributed by atoms with E-state index in [4.69, 9.17) is 10.5 Å². The van der Waals surface area contributed by atoms with Gasteiger partial charge in [0.1, 0.15) is 0 Å². The Bertz CT molecular complexity index is 390. The Labute approximate surface area is 113 Å². The van der Waals surface area contributed by atoms with Crippen molar-refractivity contribution in [3.8, 4) is 0 Å². The van der Waals surface area contributed by atoms with Crippen molar-refractivity contribution in [2.24, 2.45) is 0 Å². The first-order chi connectivity index (χ1) is 8.27. The molecule has 1 aliphatic rings. The molecule has 1 fully saturated rings. The number of hydrogen-bond acceptors (Lipinski definition) is 3. The van der Waals surface area contributed by atoms with Crippen LogP contribution in [0.4, 0.5) is 5.69 Å². The van der Waals surface area contributed by atoms with E-state index in [0.717, 1.165) is 32.5 Å². The molecule has 0 radical (unpaired) electrons. The second kappa shape index (κ2) is 7.24.